The number of allylic oxidation sites excluding steroid dienone is 6. The van der Waals surface area contributed by atoms with Gasteiger partial charge in [0.2, 0.25) is 0 Å². The van der Waals surface area contributed by atoms with E-state index in [1.807, 2.05) is 19.1 Å². The molecule has 0 bridgehead atoms. The predicted molar refractivity (Wildman–Crippen MR) is 76.8 cm³/mol. The molecule has 1 aliphatic heterocycles. The molecular weight excluding hydrogens is 218 g/mol. The third-order valence-corrected chi connectivity index (χ3v) is 3.12. The van der Waals surface area contributed by atoms with Crippen molar-refractivity contribution in [2.45, 2.75) is 26.2 Å². The topological polar surface area (TPSA) is 3.24 Å². The minimum atomic E-state index is 0.862. The van der Waals surface area contributed by atoms with E-state index in [0.717, 1.165) is 24.1 Å². The van der Waals surface area contributed by atoms with Crippen LogP contribution in [-0.4, -0.2) is 24.5 Å². The summed E-state index contributed by atoms with van der Waals surface area (Å²) in [5.41, 5.74) is 2.31. The first kappa shape index (κ1) is 12.7. The van der Waals surface area contributed by atoms with E-state index < -0.39 is 0 Å². The molecule has 2 rings (SSSR count). The molecule has 0 amide bonds. The van der Waals surface area contributed by atoms with Gasteiger partial charge in [0.1, 0.15) is 0 Å². The van der Waals surface area contributed by atoms with Crippen LogP contribution in [0.3, 0.4) is 0 Å². The first-order valence-corrected chi connectivity index (χ1v) is 6.59. The molecule has 0 atom stereocenters. The molecule has 1 fully saturated rings. The smallest absolute Gasteiger partial charge is 0.0605 e. The number of hydrogen-bond acceptors (Lipinski definition) is 1. The fraction of sp³-hybridized carbons (Fsp3) is 0.412. The Hall–Kier alpha value is -1.70. The SMILES string of the molecule is CC#CC1=CC=CC=C(C#CCN2CCCC2)C1. The molecule has 0 aromatic carbocycles. The second-order valence-corrected chi connectivity index (χ2v) is 4.61. The standard InChI is InChI=1S/C17H19N/c1-2-8-16-9-3-4-10-17(15-16)11-7-14-18-12-5-6-13-18/h3-4,9-10H,5-6,12-15H2,1H3. The summed E-state index contributed by atoms with van der Waals surface area (Å²) in [6.45, 7) is 5.19. The van der Waals surface area contributed by atoms with Crippen LogP contribution in [0, 0.1) is 23.7 Å². The van der Waals surface area contributed by atoms with Gasteiger partial charge < -0.3 is 0 Å². The highest BCUT2D eigenvalue weighted by molar-refractivity contribution is 5.45. The second kappa shape index (κ2) is 6.90. The van der Waals surface area contributed by atoms with Crippen LogP contribution in [0.25, 0.3) is 0 Å². The lowest BCUT2D eigenvalue weighted by Gasteiger charge is -2.08. The van der Waals surface area contributed by atoms with E-state index in [0.29, 0.717) is 0 Å². The molecule has 1 nitrogen and oxygen atoms in total. The van der Waals surface area contributed by atoms with Gasteiger partial charge in [0.05, 0.1) is 6.54 Å². The summed E-state index contributed by atoms with van der Waals surface area (Å²) in [4.78, 5) is 2.42. The van der Waals surface area contributed by atoms with Gasteiger partial charge >= 0.3 is 0 Å². The van der Waals surface area contributed by atoms with Gasteiger partial charge in [0.25, 0.3) is 0 Å². The Bertz CT molecular complexity index is 491. The highest BCUT2D eigenvalue weighted by atomic mass is 15.1. The van der Waals surface area contributed by atoms with Crippen molar-refractivity contribution in [3.63, 3.8) is 0 Å². The van der Waals surface area contributed by atoms with Crippen LogP contribution >= 0.6 is 0 Å². The molecule has 0 unspecified atom stereocenters. The molecule has 1 saturated heterocycles. The Labute approximate surface area is 110 Å². The quantitative estimate of drug-likeness (QED) is 0.634. The average Bonchev–Trinajstić information content (AvgIpc) is 2.78. The van der Waals surface area contributed by atoms with Gasteiger partial charge in [-0.25, -0.2) is 0 Å². The van der Waals surface area contributed by atoms with Gasteiger partial charge in [-0.1, -0.05) is 42.1 Å². The molecule has 1 aliphatic carbocycles. The van der Waals surface area contributed by atoms with E-state index >= 15 is 0 Å². The minimum absolute atomic E-state index is 0.862. The lowest BCUT2D eigenvalue weighted by Crippen LogP contribution is -2.18. The highest BCUT2D eigenvalue weighted by Gasteiger charge is 2.08. The molecule has 0 aromatic heterocycles. The maximum atomic E-state index is 3.29. The van der Waals surface area contributed by atoms with Gasteiger partial charge in [-0.15, -0.1) is 5.92 Å². The summed E-state index contributed by atoms with van der Waals surface area (Å²) in [5, 5.41) is 0. The molecule has 18 heavy (non-hydrogen) atoms. The Morgan fingerprint density at radius 3 is 2.39 bits per heavy atom. The van der Waals surface area contributed by atoms with E-state index in [9.17, 15) is 0 Å². The molecule has 1 heteroatoms. The van der Waals surface area contributed by atoms with Gasteiger partial charge in [-0.05, 0) is 32.9 Å². The molecule has 0 spiro atoms. The lowest BCUT2D eigenvalue weighted by molar-refractivity contribution is 0.383. The molecule has 2 aliphatic rings. The van der Waals surface area contributed by atoms with E-state index in [4.69, 9.17) is 0 Å². The Morgan fingerprint density at radius 2 is 1.72 bits per heavy atom. The van der Waals surface area contributed by atoms with Crippen molar-refractivity contribution in [2.75, 3.05) is 19.6 Å². The molecule has 0 aromatic rings. The van der Waals surface area contributed by atoms with Crippen molar-refractivity contribution >= 4 is 0 Å². The van der Waals surface area contributed by atoms with Gasteiger partial charge in [0.15, 0.2) is 0 Å². The maximum absolute atomic E-state index is 3.29. The van der Waals surface area contributed by atoms with Crippen molar-refractivity contribution in [1.82, 2.24) is 4.90 Å². The van der Waals surface area contributed by atoms with Crippen LogP contribution in [0.1, 0.15) is 26.2 Å². The largest absolute Gasteiger partial charge is 0.292 e. The van der Waals surface area contributed by atoms with Gasteiger partial charge in [-0.2, -0.15) is 0 Å². The number of likely N-dealkylation sites (tertiary alicyclic amines) is 1. The van der Waals surface area contributed by atoms with Crippen molar-refractivity contribution in [2.24, 2.45) is 0 Å². The normalized spacial score (nSPS) is 18.9. The first-order valence-electron chi connectivity index (χ1n) is 6.59. The van der Waals surface area contributed by atoms with E-state index in [-0.39, 0.29) is 0 Å². The van der Waals surface area contributed by atoms with Gasteiger partial charge in [-0.3, -0.25) is 4.90 Å². The number of rotatable bonds is 1. The van der Waals surface area contributed by atoms with E-state index in [2.05, 4.69) is 40.7 Å². The van der Waals surface area contributed by atoms with Crippen LogP contribution in [0.15, 0.2) is 35.5 Å². The van der Waals surface area contributed by atoms with Crippen molar-refractivity contribution in [1.29, 1.82) is 0 Å². The Morgan fingerprint density at radius 1 is 1.06 bits per heavy atom. The zero-order valence-corrected chi connectivity index (χ0v) is 11.0. The van der Waals surface area contributed by atoms with Crippen LogP contribution in [0.5, 0.6) is 0 Å². The zero-order valence-electron chi connectivity index (χ0n) is 11.0. The van der Waals surface area contributed by atoms with Crippen LogP contribution < -0.4 is 0 Å². The monoisotopic (exact) mass is 237 g/mol. The van der Waals surface area contributed by atoms with E-state index in [1.54, 1.807) is 0 Å². The third kappa shape index (κ3) is 3.95. The highest BCUT2D eigenvalue weighted by Crippen LogP contribution is 2.13. The zero-order chi connectivity index (χ0) is 12.6. The number of hydrogen-bond donors (Lipinski definition) is 0. The van der Waals surface area contributed by atoms with Crippen molar-refractivity contribution in [3.05, 3.63) is 35.5 Å². The molecular formula is C17H19N. The average molecular weight is 237 g/mol. The molecule has 0 N–H and O–H groups in total. The maximum Gasteiger partial charge on any atom is 0.0605 e. The molecule has 0 saturated carbocycles. The van der Waals surface area contributed by atoms with Crippen LogP contribution in [0.2, 0.25) is 0 Å². The van der Waals surface area contributed by atoms with Crippen LogP contribution in [0.4, 0.5) is 0 Å². The summed E-state index contributed by atoms with van der Waals surface area (Å²) in [6.07, 6.45) is 11.8. The summed E-state index contributed by atoms with van der Waals surface area (Å²) >= 11 is 0. The van der Waals surface area contributed by atoms with Gasteiger partial charge in [0, 0.05) is 17.6 Å². The van der Waals surface area contributed by atoms with E-state index in [1.165, 1.54) is 25.9 Å². The first-order chi connectivity index (χ1) is 8.88. The summed E-state index contributed by atoms with van der Waals surface area (Å²) in [6, 6.07) is 0. The summed E-state index contributed by atoms with van der Waals surface area (Å²) in [5.74, 6) is 12.6. The number of nitrogens with zero attached hydrogens (tertiary/aromatic N) is 1. The van der Waals surface area contributed by atoms with Crippen molar-refractivity contribution < 1.29 is 0 Å². The predicted octanol–water partition coefficient (Wildman–Crippen LogP) is 2.92. The summed E-state index contributed by atoms with van der Waals surface area (Å²) < 4.78 is 0. The summed E-state index contributed by atoms with van der Waals surface area (Å²) in [7, 11) is 0. The van der Waals surface area contributed by atoms with Crippen molar-refractivity contribution in [3.8, 4) is 23.7 Å². The lowest BCUT2D eigenvalue weighted by atomic mass is 10.1. The van der Waals surface area contributed by atoms with Crippen LogP contribution in [-0.2, 0) is 0 Å². The minimum Gasteiger partial charge on any atom is -0.292 e. The Kier molecular flexibility index (Phi) is 4.88. The fourth-order valence-electron chi connectivity index (χ4n) is 2.20. The second-order valence-electron chi connectivity index (χ2n) is 4.61. The molecule has 92 valence electrons. The third-order valence-electron chi connectivity index (χ3n) is 3.12. The molecule has 1 heterocycles. The molecule has 0 radical (unpaired) electrons. The Balaban J connectivity index is 1.94. The fourth-order valence-corrected chi connectivity index (χ4v) is 2.20.